The van der Waals surface area contributed by atoms with Crippen LogP contribution in [0.1, 0.15) is 116 Å². The number of hydrogen-bond acceptors (Lipinski definition) is 8. The second-order valence-corrected chi connectivity index (χ2v) is 20.5. The molecule has 8 rings (SSSR count). The van der Waals surface area contributed by atoms with Gasteiger partial charge in [-0.15, -0.1) is 0 Å². The quantitative estimate of drug-likeness (QED) is 0.165. The molecule has 0 aliphatic carbocycles. The van der Waals surface area contributed by atoms with E-state index in [-0.39, 0.29) is 40.5 Å². The van der Waals surface area contributed by atoms with Gasteiger partial charge in [0.25, 0.3) is 15.9 Å². The van der Waals surface area contributed by atoms with Crippen molar-refractivity contribution < 1.29 is 27.9 Å². The lowest BCUT2D eigenvalue weighted by Crippen LogP contribution is -2.49. The molecule has 0 saturated carbocycles. The topological polar surface area (TPSA) is 142 Å². The molecule has 1 aromatic heterocycles. The van der Waals surface area contributed by atoms with Gasteiger partial charge >= 0.3 is 6.09 Å². The Hall–Kier alpha value is -5.59. The standard InChI is InChI=1S/C50H57N5O6S/c1-30(2)21-44-42-26-37-27-43(39-17-10-8-13-32(39)4)52-48(51-37)53-62(59,60)38-16-12-15-34(25-38)47(57)54(44)29-36-24-33(19-20-40(36)42)22-31(3)23-45-46(56)41-18-11-9-14-35(41)28-55(45)49(58)61-50(5,6)7/h8-20,24-25,27,30-31,42,44-46,56H,21-23,26,28-29H2,1-7H3,(H,51,52,53)/t31?,42?,44-,45-,46+/m1/s1. The van der Waals surface area contributed by atoms with Gasteiger partial charge < -0.3 is 14.7 Å². The van der Waals surface area contributed by atoms with Gasteiger partial charge in [0.05, 0.1) is 22.7 Å². The van der Waals surface area contributed by atoms with Crippen LogP contribution >= 0.6 is 0 Å². The second-order valence-electron chi connectivity index (χ2n) is 18.9. The zero-order valence-electron chi connectivity index (χ0n) is 36.6. The molecule has 62 heavy (non-hydrogen) atoms. The number of amides is 2. The fourth-order valence-corrected chi connectivity index (χ4v) is 10.6. The van der Waals surface area contributed by atoms with E-state index in [0.29, 0.717) is 49.3 Å². The van der Waals surface area contributed by atoms with Crippen LogP contribution in [0, 0.1) is 18.8 Å². The number of aromatic nitrogens is 2. The Morgan fingerprint density at radius 1 is 0.871 bits per heavy atom. The van der Waals surface area contributed by atoms with Gasteiger partial charge in [-0.2, -0.15) is 0 Å². The van der Waals surface area contributed by atoms with Gasteiger partial charge in [-0.05, 0) is 123 Å². The number of rotatable bonds is 7. The molecule has 0 saturated heterocycles. The van der Waals surface area contributed by atoms with Gasteiger partial charge in [-0.3, -0.25) is 9.69 Å². The van der Waals surface area contributed by atoms with E-state index in [1.807, 2.05) is 87.2 Å². The van der Waals surface area contributed by atoms with Crippen LogP contribution in [0.15, 0.2) is 102 Å². The van der Waals surface area contributed by atoms with Gasteiger partial charge in [-0.25, -0.2) is 27.9 Å². The van der Waals surface area contributed by atoms with Crippen molar-refractivity contribution in [2.75, 3.05) is 4.72 Å². The summed E-state index contributed by atoms with van der Waals surface area (Å²) in [6.07, 6.45) is 1.08. The first kappa shape index (κ1) is 43.1. The van der Waals surface area contributed by atoms with Gasteiger partial charge in [0.1, 0.15) is 5.60 Å². The molecular weight excluding hydrogens is 799 g/mol. The zero-order chi connectivity index (χ0) is 44.1. The van der Waals surface area contributed by atoms with E-state index in [1.54, 1.807) is 17.0 Å². The molecule has 2 unspecified atom stereocenters. The summed E-state index contributed by atoms with van der Waals surface area (Å²) in [6.45, 7) is 14.7. The van der Waals surface area contributed by atoms with Crippen molar-refractivity contribution in [3.8, 4) is 11.3 Å². The molecule has 11 nitrogen and oxygen atoms in total. The summed E-state index contributed by atoms with van der Waals surface area (Å²) in [5.74, 6) is -0.0923. The van der Waals surface area contributed by atoms with Crippen molar-refractivity contribution in [1.29, 1.82) is 0 Å². The third kappa shape index (κ3) is 8.99. The Morgan fingerprint density at radius 3 is 2.39 bits per heavy atom. The van der Waals surface area contributed by atoms with E-state index in [1.165, 1.54) is 12.1 Å². The normalized spacial score (nSPS) is 21.1. The first-order valence-corrected chi connectivity index (χ1v) is 23.2. The number of aliphatic hydroxyl groups excluding tert-OH is 1. The van der Waals surface area contributed by atoms with Crippen LogP contribution < -0.4 is 4.72 Å². The highest BCUT2D eigenvalue weighted by Gasteiger charge is 2.41. The zero-order valence-corrected chi connectivity index (χ0v) is 37.4. The summed E-state index contributed by atoms with van der Waals surface area (Å²) >= 11 is 0. The molecule has 0 spiro atoms. The molecule has 324 valence electrons. The predicted molar refractivity (Wildman–Crippen MR) is 240 cm³/mol. The van der Waals surface area contributed by atoms with Crippen LogP contribution in [0.3, 0.4) is 0 Å². The Morgan fingerprint density at radius 2 is 1.63 bits per heavy atom. The molecule has 0 radical (unpaired) electrons. The first-order valence-electron chi connectivity index (χ1n) is 21.7. The highest BCUT2D eigenvalue weighted by atomic mass is 32.2. The maximum absolute atomic E-state index is 14.8. The van der Waals surface area contributed by atoms with E-state index in [2.05, 4.69) is 43.7 Å². The van der Waals surface area contributed by atoms with Crippen molar-refractivity contribution in [2.45, 2.75) is 122 Å². The largest absolute Gasteiger partial charge is 0.444 e. The molecule has 2 amide bonds. The molecule has 4 heterocycles. The minimum Gasteiger partial charge on any atom is -0.444 e. The average Bonchev–Trinajstić information content (AvgIpc) is 3.21. The van der Waals surface area contributed by atoms with Crippen LogP contribution in [-0.4, -0.2) is 63.0 Å². The Bertz CT molecular complexity index is 2620. The number of carbonyl (C=O) groups excluding carboxylic acids is 2. The van der Waals surface area contributed by atoms with E-state index in [0.717, 1.165) is 45.4 Å². The SMILES string of the molecule is Cc1ccccc1-c1cc2nc(n1)NS(=O)(=O)c1cccc(c1)C(=O)N1Cc3cc(CC(C)C[C@@H]4[C@@H](O)c5ccccc5CN4C(=O)OC(C)(C)C)ccc3C(C2)[C@H]1CC(C)C. The molecule has 0 fully saturated rings. The van der Waals surface area contributed by atoms with Gasteiger partial charge in [0.2, 0.25) is 5.95 Å². The lowest BCUT2D eigenvalue weighted by molar-refractivity contribution is -0.0213. The maximum atomic E-state index is 14.8. The Balaban J connectivity index is 1.17. The molecular formula is C50H57N5O6S. The van der Waals surface area contributed by atoms with Crippen LogP contribution in [-0.2, 0) is 40.7 Å². The summed E-state index contributed by atoms with van der Waals surface area (Å²) in [5.41, 5.74) is 7.74. The number of sulfonamides is 1. The van der Waals surface area contributed by atoms with E-state index < -0.39 is 33.9 Å². The number of fused-ring (bicyclic) bond motifs is 9. The summed E-state index contributed by atoms with van der Waals surface area (Å²) in [6, 6.07) is 29.6. The first-order chi connectivity index (χ1) is 29.4. The van der Waals surface area contributed by atoms with Crippen LogP contribution in [0.4, 0.5) is 10.7 Å². The molecule has 5 atom stereocenters. The van der Waals surface area contributed by atoms with Crippen LogP contribution in [0.2, 0.25) is 0 Å². The van der Waals surface area contributed by atoms with Gasteiger partial charge in [0, 0.05) is 41.9 Å². The Kier molecular flexibility index (Phi) is 11.8. The number of aliphatic hydroxyl groups is 1. The second kappa shape index (κ2) is 16.9. The number of hydrogen-bond donors (Lipinski definition) is 2. The van der Waals surface area contributed by atoms with Crippen molar-refractivity contribution in [1.82, 2.24) is 19.8 Å². The van der Waals surface area contributed by atoms with Gasteiger partial charge in [-0.1, -0.05) is 93.6 Å². The molecule has 2 N–H and O–H groups in total. The monoisotopic (exact) mass is 855 g/mol. The number of ether oxygens (including phenoxy) is 1. The van der Waals surface area contributed by atoms with Crippen LogP contribution in [0.25, 0.3) is 11.3 Å². The fourth-order valence-electron chi connectivity index (χ4n) is 9.59. The predicted octanol–water partition coefficient (Wildman–Crippen LogP) is 9.38. The highest BCUT2D eigenvalue weighted by molar-refractivity contribution is 7.92. The number of benzene rings is 4. The lowest BCUT2D eigenvalue weighted by atomic mass is 9.76. The van der Waals surface area contributed by atoms with E-state index >= 15 is 0 Å². The fraction of sp³-hybridized carbons (Fsp3) is 0.400. The number of carbonyl (C=O) groups is 2. The van der Waals surface area contributed by atoms with E-state index in [4.69, 9.17) is 14.7 Å². The Labute approximate surface area is 365 Å². The lowest BCUT2D eigenvalue weighted by Gasteiger charge is -2.44. The van der Waals surface area contributed by atoms with Crippen molar-refractivity contribution in [3.05, 3.63) is 142 Å². The third-order valence-electron chi connectivity index (χ3n) is 12.4. The highest BCUT2D eigenvalue weighted by Crippen LogP contribution is 2.42. The third-order valence-corrected chi connectivity index (χ3v) is 13.7. The molecule has 3 aliphatic rings. The summed E-state index contributed by atoms with van der Waals surface area (Å²) < 4.78 is 36.2. The number of anilines is 1. The number of nitrogens with one attached hydrogen (secondary N) is 1. The average molecular weight is 856 g/mol. The smallest absolute Gasteiger partial charge is 0.410 e. The number of nitrogens with zero attached hydrogens (tertiary/aromatic N) is 4. The van der Waals surface area contributed by atoms with Gasteiger partial charge in [0.15, 0.2) is 0 Å². The summed E-state index contributed by atoms with van der Waals surface area (Å²) in [5, 5.41) is 11.8. The molecule has 6 bridgehead atoms. The molecule has 3 aliphatic heterocycles. The van der Waals surface area contributed by atoms with E-state index in [9.17, 15) is 23.1 Å². The van der Waals surface area contributed by atoms with Crippen molar-refractivity contribution in [2.24, 2.45) is 11.8 Å². The summed E-state index contributed by atoms with van der Waals surface area (Å²) in [4.78, 5) is 41.6. The summed E-state index contributed by atoms with van der Waals surface area (Å²) in [7, 11) is -4.15. The minimum absolute atomic E-state index is 0.0221. The van der Waals surface area contributed by atoms with Crippen molar-refractivity contribution in [3.63, 3.8) is 0 Å². The van der Waals surface area contributed by atoms with Crippen LogP contribution in [0.5, 0.6) is 0 Å². The maximum Gasteiger partial charge on any atom is 0.410 e. The minimum atomic E-state index is -4.15. The number of aryl methyl sites for hydroxylation is 1. The molecule has 4 aromatic carbocycles. The van der Waals surface area contributed by atoms with Crippen molar-refractivity contribution >= 4 is 28.0 Å². The molecule has 12 heteroatoms. The molecule has 5 aromatic rings.